The Morgan fingerprint density at radius 2 is 1.69 bits per heavy atom. The van der Waals surface area contributed by atoms with Gasteiger partial charge in [-0.1, -0.05) is 20.8 Å². The average molecular weight is 190 g/mol. The van der Waals surface area contributed by atoms with E-state index in [1.807, 2.05) is 7.05 Å². The fourth-order valence-electron chi connectivity index (χ4n) is 0.931. The summed E-state index contributed by atoms with van der Waals surface area (Å²) in [6.45, 7) is 10.7. The maximum atomic E-state index is 8.46. The molecule has 0 unspecified atom stereocenters. The van der Waals surface area contributed by atoms with E-state index in [2.05, 4.69) is 31.0 Å². The predicted molar refractivity (Wildman–Crippen MR) is 59.1 cm³/mol. The highest BCUT2D eigenvalue weighted by Gasteiger charge is 1.93. The van der Waals surface area contributed by atoms with Crippen molar-refractivity contribution in [2.75, 3.05) is 39.8 Å². The second-order valence-electron chi connectivity index (χ2n) is 2.85. The molecular weight excluding hydrogens is 164 g/mol. The fraction of sp³-hybridized carbons (Fsp3) is 1.00. The summed E-state index contributed by atoms with van der Waals surface area (Å²) >= 11 is 0. The quantitative estimate of drug-likeness (QED) is 0.654. The summed E-state index contributed by atoms with van der Waals surface area (Å²) in [5.41, 5.74) is 0. The van der Waals surface area contributed by atoms with Crippen LogP contribution in [0.15, 0.2) is 0 Å². The van der Waals surface area contributed by atoms with Crippen molar-refractivity contribution in [2.45, 2.75) is 27.2 Å². The number of nitrogens with one attached hydrogen (secondary N) is 1. The molecule has 3 nitrogen and oxygen atoms in total. The highest BCUT2D eigenvalue weighted by molar-refractivity contribution is 4.47. The number of likely N-dealkylation sites (N-methyl/N-ethyl adjacent to an activating group) is 1. The van der Waals surface area contributed by atoms with Crippen LogP contribution >= 0.6 is 0 Å². The summed E-state index contributed by atoms with van der Waals surface area (Å²) < 4.78 is 0. The van der Waals surface area contributed by atoms with Crippen LogP contribution in [0.1, 0.15) is 27.2 Å². The fourth-order valence-corrected chi connectivity index (χ4v) is 0.931. The Kier molecular flexibility index (Phi) is 17.0. The lowest BCUT2D eigenvalue weighted by Crippen LogP contribution is -2.25. The minimum atomic E-state index is 0.279. The van der Waals surface area contributed by atoms with Crippen LogP contribution in [0.5, 0.6) is 0 Å². The lowest BCUT2D eigenvalue weighted by molar-refractivity contribution is 0.208. The smallest absolute Gasteiger partial charge is 0.0558 e. The summed E-state index contributed by atoms with van der Waals surface area (Å²) in [4.78, 5) is 2.18. The molecule has 0 aromatic heterocycles. The molecule has 0 amide bonds. The van der Waals surface area contributed by atoms with Gasteiger partial charge in [-0.05, 0) is 33.1 Å². The molecule has 0 saturated heterocycles. The van der Waals surface area contributed by atoms with Gasteiger partial charge in [0.25, 0.3) is 0 Å². The van der Waals surface area contributed by atoms with Crippen LogP contribution in [0.25, 0.3) is 0 Å². The van der Waals surface area contributed by atoms with Gasteiger partial charge in [-0.15, -0.1) is 0 Å². The van der Waals surface area contributed by atoms with Crippen LogP contribution in [0.2, 0.25) is 0 Å². The van der Waals surface area contributed by atoms with Crippen LogP contribution in [0, 0.1) is 0 Å². The molecule has 0 fully saturated rings. The molecule has 0 aliphatic heterocycles. The third kappa shape index (κ3) is 14.7. The minimum absolute atomic E-state index is 0.279. The van der Waals surface area contributed by atoms with E-state index < -0.39 is 0 Å². The molecule has 0 bridgehead atoms. The van der Waals surface area contributed by atoms with Crippen molar-refractivity contribution in [1.29, 1.82) is 0 Å². The molecule has 0 rings (SSSR count). The molecule has 0 radical (unpaired) electrons. The monoisotopic (exact) mass is 190 g/mol. The van der Waals surface area contributed by atoms with Crippen molar-refractivity contribution in [3.8, 4) is 0 Å². The molecule has 0 aliphatic carbocycles. The van der Waals surface area contributed by atoms with Crippen molar-refractivity contribution in [3.63, 3.8) is 0 Å². The molecule has 0 spiro atoms. The second kappa shape index (κ2) is 14.4. The molecule has 0 saturated carbocycles. The maximum absolute atomic E-state index is 8.46. The zero-order valence-corrected chi connectivity index (χ0v) is 9.64. The standard InChI is InChI=1S/C6H15NO.C4H11N/c1-3-7(4-2)5-6-8;1-3-4-5-2/h8H,3-6H2,1-2H3;5H,3-4H2,1-2H3. The summed E-state index contributed by atoms with van der Waals surface area (Å²) in [5, 5.41) is 11.5. The molecule has 82 valence electrons. The number of nitrogens with zero attached hydrogens (tertiary/aromatic N) is 1. The molecule has 0 heterocycles. The predicted octanol–water partition coefficient (Wildman–Crippen LogP) is 0.936. The number of aliphatic hydroxyl groups excluding tert-OH is 1. The highest BCUT2D eigenvalue weighted by Crippen LogP contribution is 1.82. The van der Waals surface area contributed by atoms with Crippen molar-refractivity contribution in [2.24, 2.45) is 0 Å². The average Bonchev–Trinajstić information content (AvgIpc) is 2.16. The van der Waals surface area contributed by atoms with Crippen molar-refractivity contribution < 1.29 is 5.11 Å². The van der Waals surface area contributed by atoms with Gasteiger partial charge in [0.15, 0.2) is 0 Å². The molecule has 0 aromatic rings. The van der Waals surface area contributed by atoms with E-state index in [4.69, 9.17) is 5.11 Å². The Bertz CT molecular complexity index is 73.3. The van der Waals surface area contributed by atoms with Crippen LogP contribution in [0.3, 0.4) is 0 Å². The summed E-state index contributed by atoms with van der Waals surface area (Å²) in [6, 6.07) is 0. The minimum Gasteiger partial charge on any atom is -0.395 e. The van der Waals surface area contributed by atoms with E-state index in [0.717, 1.165) is 26.2 Å². The first-order chi connectivity index (χ1) is 6.26. The molecular formula is C10H26N2O. The lowest BCUT2D eigenvalue weighted by Gasteiger charge is -2.15. The van der Waals surface area contributed by atoms with E-state index in [1.165, 1.54) is 6.42 Å². The Morgan fingerprint density at radius 3 is 1.77 bits per heavy atom. The normalized spacial score (nSPS) is 9.69. The first-order valence-corrected chi connectivity index (χ1v) is 5.24. The van der Waals surface area contributed by atoms with E-state index in [-0.39, 0.29) is 6.61 Å². The van der Waals surface area contributed by atoms with Gasteiger partial charge in [0, 0.05) is 6.54 Å². The molecule has 0 aliphatic rings. The van der Waals surface area contributed by atoms with Gasteiger partial charge in [-0.2, -0.15) is 0 Å². The van der Waals surface area contributed by atoms with Crippen molar-refractivity contribution in [1.82, 2.24) is 10.2 Å². The Balaban J connectivity index is 0. The Labute approximate surface area is 83.1 Å². The van der Waals surface area contributed by atoms with Crippen molar-refractivity contribution in [3.05, 3.63) is 0 Å². The van der Waals surface area contributed by atoms with Crippen LogP contribution in [0.4, 0.5) is 0 Å². The summed E-state index contributed by atoms with van der Waals surface area (Å²) in [7, 11) is 1.96. The van der Waals surface area contributed by atoms with Gasteiger partial charge in [0.05, 0.1) is 6.61 Å². The van der Waals surface area contributed by atoms with Gasteiger partial charge >= 0.3 is 0 Å². The zero-order valence-electron chi connectivity index (χ0n) is 9.64. The van der Waals surface area contributed by atoms with Gasteiger partial charge in [-0.25, -0.2) is 0 Å². The summed E-state index contributed by atoms with van der Waals surface area (Å²) in [6.07, 6.45) is 1.23. The van der Waals surface area contributed by atoms with Gasteiger partial charge in [0.2, 0.25) is 0 Å². The zero-order chi connectivity index (χ0) is 10.5. The maximum Gasteiger partial charge on any atom is 0.0558 e. The topological polar surface area (TPSA) is 35.5 Å². The Morgan fingerprint density at radius 1 is 1.15 bits per heavy atom. The van der Waals surface area contributed by atoms with Gasteiger partial charge in [-0.3, -0.25) is 0 Å². The third-order valence-corrected chi connectivity index (χ3v) is 1.81. The molecule has 0 atom stereocenters. The largest absolute Gasteiger partial charge is 0.395 e. The lowest BCUT2D eigenvalue weighted by atomic mass is 10.5. The first-order valence-electron chi connectivity index (χ1n) is 5.24. The van der Waals surface area contributed by atoms with Gasteiger partial charge in [0.1, 0.15) is 0 Å². The number of aliphatic hydroxyl groups is 1. The number of hydrogen-bond acceptors (Lipinski definition) is 3. The summed E-state index contributed by atoms with van der Waals surface area (Å²) in [5.74, 6) is 0. The molecule has 3 heteroatoms. The van der Waals surface area contributed by atoms with E-state index >= 15 is 0 Å². The van der Waals surface area contributed by atoms with Crippen molar-refractivity contribution >= 4 is 0 Å². The van der Waals surface area contributed by atoms with E-state index in [0.29, 0.717) is 0 Å². The second-order valence-corrected chi connectivity index (χ2v) is 2.85. The van der Waals surface area contributed by atoms with E-state index in [1.54, 1.807) is 0 Å². The number of rotatable bonds is 6. The number of hydrogen-bond donors (Lipinski definition) is 2. The first kappa shape index (κ1) is 15.4. The highest BCUT2D eigenvalue weighted by atomic mass is 16.3. The Hall–Kier alpha value is -0.120. The van der Waals surface area contributed by atoms with E-state index in [9.17, 15) is 0 Å². The molecule has 2 N–H and O–H groups in total. The van der Waals surface area contributed by atoms with Crippen LogP contribution in [-0.2, 0) is 0 Å². The van der Waals surface area contributed by atoms with Crippen LogP contribution in [-0.4, -0.2) is 49.8 Å². The molecule has 0 aromatic carbocycles. The SMILES string of the molecule is CCCNC.CCN(CC)CCO. The van der Waals surface area contributed by atoms with Crippen LogP contribution < -0.4 is 5.32 Å². The molecule has 13 heavy (non-hydrogen) atoms. The van der Waals surface area contributed by atoms with Gasteiger partial charge < -0.3 is 15.3 Å². The third-order valence-electron chi connectivity index (χ3n) is 1.81.